The first-order valence-electron chi connectivity index (χ1n) is 6.07. The van der Waals surface area contributed by atoms with Gasteiger partial charge in [-0.3, -0.25) is 0 Å². The Morgan fingerprint density at radius 2 is 2.18 bits per heavy atom. The van der Waals surface area contributed by atoms with Crippen molar-refractivity contribution in [3.8, 4) is 0 Å². The van der Waals surface area contributed by atoms with E-state index in [9.17, 15) is 4.39 Å². The van der Waals surface area contributed by atoms with Gasteiger partial charge in [-0.25, -0.2) is 9.37 Å². The number of hydrogen-bond acceptors (Lipinski definition) is 3. The van der Waals surface area contributed by atoms with Gasteiger partial charge in [-0.05, 0) is 44.0 Å². The third-order valence-corrected chi connectivity index (χ3v) is 3.32. The number of nitrogens with zero attached hydrogens (tertiary/aromatic N) is 1. The summed E-state index contributed by atoms with van der Waals surface area (Å²) < 4.78 is 18.6. The molecule has 0 atom stereocenters. The van der Waals surface area contributed by atoms with Crippen LogP contribution in [0, 0.1) is 11.7 Å². The largest absolute Gasteiger partial charge is 0.441 e. The molecule has 3 nitrogen and oxygen atoms in total. The Morgan fingerprint density at radius 3 is 3.00 bits per heavy atom. The summed E-state index contributed by atoms with van der Waals surface area (Å²) in [5.41, 5.74) is 1.30. The van der Waals surface area contributed by atoms with Crippen molar-refractivity contribution in [2.24, 2.45) is 5.92 Å². The molecule has 0 amide bonds. The van der Waals surface area contributed by atoms with Crippen molar-refractivity contribution in [3.05, 3.63) is 29.9 Å². The van der Waals surface area contributed by atoms with E-state index in [2.05, 4.69) is 10.3 Å². The topological polar surface area (TPSA) is 38.1 Å². The molecule has 4 heteroatoms. The van der Waals surface area contributed by atoms with Crippen LogP contribution in [0.3, 0.4) is 0 Å². The third kappa shape index (κ3) is 2.31. The standard InChI is InChI=1S/C13H15FN2O/c14-10-1-2-11-12(8-10)17-13(16-11)7-9-3-5-15-6-4-9/h1-2,8-9,15H,3-7H2. The molecule has 1 aromatic heterocycles. The molecule has 0 saturated carbocycles. The van der Waals surface area contributed by atoms with Crippen LogP contribution < -0.4 is 5.32 Å². The molecule has 2 heterocycles. The highest BCUT2D eigenvalue weighted by Crippen LogP contribution is 2.22. The van der Waals surface area contributed by atoms with Crippen molar-refractivity contribution >= 4 is 11.1 Å². The van der Waals surface area contributed by atoms with Crippen LogP contribution in [-0.4, -0.2) is 18.1 Å². The summed E-state index contributed by atoms with van der Waals surface area (Å²) in [6, 6.07) is 4.48. The summed E-state index contributed by atoms with van der Waals surface area (Å²) >= 11 is 0. The molecule has 0 unspecified atom stereocenters. The van der Waals surface area contributed by atoms with Gasteiger partial charge in [-0.1, -0.05) is 0 Å². The SMILES string of the molecule is Fc1ccc2nc(CC3CCNCC3)oc2c1. The first-order valence-corrected chi connectivity index (χ1v) is 6.07. The normalized spacial score (nSPS) is 17.7. The van der Waals surface area contributed by atoms with E-state index in [1.54, 1.807) is 6.07 Å². The Balaban J connectivity index is 1.80. The Morgan fingerprint density at radius 1 is 1.35 bits per heavy atom. The van der Waals surface area contributed by atoms with Crippen molar-refractivity contribution in [3.63, 3.8) is 0 Å². The molecule has 1 aliphatic rings. The van der Waals surface area contributed by atoms with Crippen LogP contribution in [0.15, 0.2) is 22.6 Å². The number of benzene rings is 1. The molecule has 1 saturated heterocycles. The lowest BCUT2D eigenvalue weighted by Gasteiger charge is -2.20. The maximum Gasteiger partial charge on any atom is 0.195 e. The van der Waals surface area contributed by atoms with E-state index < -0.39 is 0 Å². The van der Waals surface area contributed by atoms with Crippen molar-refractivity contribution in [2.45, 2.75) is 19.3 Å². The highest BCUT2D eigenvalue weighted by molar-refractivity contribution is 5.72. The fourth-order valence-electron chi connectivity index (χ4n) is 2.37. The predicted octanol–water partition coefficient (Wildman–Crippen LogP) is 2.51. The summed E-state index contributed by atoms with van der Waals surface area (Å²) in [6.07, 6.45) is 3.18. The number of oxazole rings is 1. The van der Waals surface area contributed by atoms with E-state index >= 15 is 0 Å². The van der Waals surface area contributed by atoms with Crippen LogP contribution >= 0.6 is 0 Å². The molecule has 0 radical (unpaired) electrons. The van der Waals surface area contributed by atoms with Gasteiger partial charge in [0, 0.05) is 12.5 Å². The number of hydrogen-bond donors (Lipinski definition) is 1. The summed E-state index contributed by atoms with van der Waals surface area (Å²) in [4.78, 5) is 4.39. The van der Waals surface area contributed by atoms with Crippen molar-refractivity contribution < 1.29 is 8.81 Å². The Labute approximate surface area is 99.0 Å². The lowest BCUT2D eigenvalue weighted by molar-refractivity contribution is 0.346. The minimum absolute atomic E-state index is 0.276. The average molecular weight is 234 g/mol. The lowest BCUT2D eigenvalue weighted by Crippen LogP contribution is -2.28. The van der Waals surface area contributed by atoms with Gasteiger partial charge >= 0.3 is 0 Å². The minimum Gasteiger partial charge on any atom is -0.441 e. The van der Waals surface area contributed by atoms with Gasteiger partial charge in [0.2, 0.25) is 0 Å². The second-order valence-corrected chi connectivity index (χ2v) is 4.62. The number of rotatable bonds is 2. The van der Waals surface area contributed by atoms with Gasteiger partial charge < -0.3 is 9.73 Å². The molecule has 0 spiro atoms. The number of fused-ring (bicyclic) bond motifs is 1. The molecule has 90 valence electrons. The summed E-state index contributed by atoms with van der Waals surface area (Å²) in [7, 11) is 0. The van der Waals surface area contributed by atoms with E-state index in [0.29, 0.717) is 11.5 Å². The summed E-state index contributed by atoms with van der Waals surface area (Å²) in [5.74, 6) is 1.09. The van der Waals surface area contributed by atoms with Gasteiger partial charge in [-0.2, -0.15) is 0 Å². The van der Waals surface area contributed by atoms with Crippen LogP contribution in [0.5, 0.6) is 0 Å². The molecular weight excluding hydrogens is 219 g/mol. The lowest BCUT2D eigenvalue weighted by atomic mass is 9.95. The Kier molecular flexibility index (Phi) is 2.81. The van der Waals surface area contributed by atoms with Gasteiger partial charge in [0.1, 0.15) is 11.3 Å². The first-order chi connectivity index (χ1) is 8.31. The van der Waals surface area contributed by atoms with Gasteiger partial charge in [0.25, 0.3) is 0 Å². The van der Waals surface area contributed by atoms with Crippen molar-refractivity contribution in [1.29, 1.82) is 0 Å². The molecule has 0 aliphatic carbocycles. The van der Waals surface area contributed by atoms with E-state index in [-0.39, 0.29) is 5.82 Å². The molecule has 1 aliphatic heterocycles. The Hall–Kier alpha value is -1.42. The number of piperidine rings is 1. The van der Waals surface area contributed by atoms with E-state index in [0.717, 1.165) is 43.8 Å². The predicted molar refractivity (Wildman–Crippen MR) is 63.3 cm³/mol. The minimum atomic E-state index is -0.276. The number of nitrogens with one attached hydrogen (secondary N) is 1. The quantitative estimate of drug-likeness (QED) is 0.867. The molecular formula is C13H15FN2O. The highest BCUT2D eigenvalue weighted by Gasteiger charge is 2.16. The number of aromatic nitrogens is 1. The molecule has 1 aromatic carbocycles. The summed E-state index contributed by atoms with van der Waals surface area (Å²) in [6.45, 7) is 2.14. The maximum absolute atomic E-state index is 13.0. The second kappa shape index (κ2) is 4.45. The smallest absolute Gasteiger partial charge is 0.195 e. The van der Waals surface area contributed by atoms with Crippen LogP contribution in [-0.2, 0) is 6.42 Å². The van der Waals surface area contributed by atoms with E-state index in [4.69, 9.17) is 4.42 Å². The molecule has 1 fully saturated rings. The fourth-order valence-corrected chi connectivity index (χ4v) is 2.37. The second-order valence-electron chi connectivity index (χ2n) is 4.62. The molecule has 1 N–H and O–H groups in total. The van der Waals surface area contributed by atoms with Crippen LogP contribution in [0.2, 0.25) is 0 Å². The fraction of sp³-hybridized carbons (Fsp3) is 0.462. The van der Waals surface area contributed by atoms with Gasteiger partial charge in [-0.15, -0.1) is 0 Å². The molecule has 3 rings (SSSR count). The van der Waals surface area contributed by atoms with E-state index in [1.807, 2.05) is 0 Å². The average Bonchev–Trinajstić information content (AvgIpc) is 2.71. The zero-order valence-corrected chi connectivity index (χ0v) is 9.58. The maximum atomic E-state index is 13.0. The third-order valence-electron chi connectivity index (χ3n) is 3.32. The van der Waals surface area contributed by atoms with Crippen LogP contribution in [0.4, 0.5) is 4.39 Å². The monoisotopic (exact) mass is 234 g/mol. The van der Waals surface area contributed by atoms with Gasteiger partial charge in [0.15, 0.2) is 11.5 Å². The first kappa shape index (κ1) is 10.7. The zero-order chi connectivity index (χ0) is 11.7. The number of halogens is 1. The van der Waals surface area contributed by atoms with Gasteiger partial charge in [0.05, 0.1) is 0 Å². The van der Waals surface area contributed by atoms with Crippen molar-refractivity contribution in [1.82, 2.24) is 10.3 Å². The molecule has 2 aromatic rings. The molecule has 17 heavy (non-hydrogen) atoms. The Bertz CT molecular complexity index is 517. The van der Waals surface area contributed by atoms with Crippen LogP contribution in [0.25, 0.3) is 11.1 Å². The zero-order valence-electron chi connectivity index (χ0n) is 9.58. The summed E-state index contributed by atoms with van der Waals surface area (Å²) in [5, 5.41) is 3.33. The van der Waals surface area contributed by atoms with E-state index in [1.165, 1.54) is 12.1 Å². The van der Waals surface area contributed by atoms with Crippen LogP contribution in [0.1, 0.15) is 18.7 Å². The highest BCUT2D eigenvalue weighted by atomic mass is 19.1. The molecule has 0 bridgehead atoms. The van der Waals surface area contributed by atoms with Crippen molar-refractivity contribution in [2.75, 3.05) is 13.1 Å².